The fourth-order valence-corrected chi connectivity index (χ4v) is 2.45. The Bertz CT molecular complexity index is 436. The molecule has 1 saturated carbocycles. The molecule has 1 fully saturated rings. The van der Waals surface area contributed by atoms with Crippen LogP contribution in [0, 0.1) is 11.6 Å². The smallest absolute Gasteiger partial charge is 0.191 e. The highest BCUT2D eigenvalue weighted by atomic mass is 19.1. The third kappa shape index (κ3) is 3.92. The van der Waals surface area contributed by atoms with Gasteiger partial charge in [0.15, 0.2) is 17.4 Å². The number of hydrogen-bond donors (Lipinski definition) is 1. The van der Waals surface area contributed by atoms with E-state index < -0.39 is 11.6 Å². The summed E-state index contributed by atoms with van der Waals surface area (Å²) in [6.07, 6.45) is 2.16. The summed E-state index contributed by atoms with van der Waals surface area (Å²) in [5, 5.41) is 3.38. The molecule has 1 aliphatic carbocycles. The van der Waals surface area contributed by atoms with Gasteiger partial charge in [-0.05, 0) is 31.5 Å². The molecule has 1 aromatic rings. The van der Waals surface area contributed by atoms with E-state index in [1.165, 1.54) is 18.2 Å². The average Bonchev–Trinajstić information content (AvgIpc) is 2.45. The first-order valence-electron chi connectivity index (χ1n) is 7.63. The fourth-order valence-electron chi connectivity index (χ4n) is 2.45. The van der Waals surface area contributed by atoms with E-state index in [1.807, 2.05) is 6.92 Å². The monoisotopic (exact) mass is 299 g/mol. The van der Waals surface area contributed by atoms with Crippen LogP contribution < -0.4 is 10.1 Å². The average molecular weight is 299 g/mol. The SMILES string of the molecule is CCCNC1CC(Oc2c(F)cccc2F)C1OCCC. The highest BCUT2D eigenvalue weighted by Gasteiger charge is 2.44. The van der Waals surface area contributed by atoms with E-state index in [1.54, 1.807) is 0 Å². The van der Waals surface area contributed by atoms with Crippen LogP contribution in [0.15, 0.2) is 18.2 Å². The van der Waals surface area contributed by atoms with Crippen molar-refractivity contribution >= 4 is 0 Å². The molecule has 118 valence electrons. The highest BCUT2D eigenvalue weighted by molar-refractivity contribution is 5.27. The summed E-state index contributed by atoms with van der Waals surface area (Å²) in [5.41, 5.74) is 0. The molecule has 0 saturated heterocycles. The van der Waals surface area contributed by atoms with Crippen molar-refractivity contribution in [3.05, 3.63) is 29.8 Å². The lowest BCUT2D eigenvalue weighted by atomic mass is 9.85. The van der Waals surface area contributed by atoms with Crippen LogP contribution in [-0.2, 0) is 4.74 Å². The van der Waals surface area contributed by atoms with Crippen molar-refractivity contribution in [2.75, 3.05) is 13.2 Å². The van der Waals surface area contributed by atoms with Crippen molar-refractivity contribution in [2.24, 2.45) is 0 Å². The second-order valence-corrected chi connectivity index (χ2v) is 5.34. The number of rotatable bonds is 8. The van der Waals surface area contributed by atoms with Gasteiger partial charge in [-0.1, -0.05) is 19.9 Å². The summed E-state index contributed by atoms with van der Waals surface area (Å²) >= 11 is 0. The van der Waals surface area contributed by atoms with E-state index in [0.717, 1.165) is 19.4 Å². The molecule has 3 nitrogen and oxygen atoms in total. The molecule has 0 radical (unpaired) electrons. The molecule has 3 atom stereocenters. The topological polar surface area (TPSA) is 30.5 Å². The number of para-hydroxylation sites is 1. The Kier molecular flexibility index (Phi) is 5.94. The molecule has 5 heteroatoms. The van der Waals surface area contributed by atoms with Crippen LogP contribution in [0.2, 0.25) is 0 Å². The summed E-state index contributed by atoms with van der Waals surface area (Å²) in [4.78, 5) is 0. The molecule has 2 rings (SSSR count). The largest absolute Gasteiger partial charge is 0.481 e. The van der Waals surface area contributed by atoms with E-state index in [2.05, 4.69) is 12.2 Å². The summed E-state index contributed by atoms with van der Waals surface area (Å²) in [5.74, 6) is -1.65. The van der Waals surface area contributed by atoms with Gasteiger partial charge in [0.2, 0.25) is 0 Å². The van der Waals surface area contributed by atoms with E-state index in [9.17, 15) is 8.78 Å². The normalized spacial score (nSPS) is 24.7. The number of benzene rings is 1. The maximum Gasteiger partial charge on any atom is 0.191 e. The molecule has 0 amide bonds. The van der Waals surface area contributed by atoms with Gasteiger partial charge in [-0.25, -0.2) is 8.78 Å². The molecule has 1 aliphatic rings. The fraction of sp³-hybridized carbons (Fsp3) is 0.625. The lowest BCUT2D eigenvalue weighted by Gasteiger charge is -2.44. The number of halogens is 2. The minimum atomic E-state index is -0.672. The third-order valence-electron chi connectivity index (χ3n) is 3.61. The maximum absolute atomic E-state index is 13.6. The van der Waals surface area contributed by atoms with Crippen LogP contribution in [0.3, 0.4) is 0 Å². The maximum atomic E-state index is 13.6. The van der Waals surface area contributed by atoms with Crippen molar-refractivity contribution in [3.63, 3.8) is 0 Å². The molecule has 21 heavy (non-hydrogen) atoms. The minimum Gasteiger partial charge on any atom is -0.481 e. The predicted molar refractivity (Wildman–Crippen MR) is 77.5 cm³/mol. The summed E-state index contributed by atoms with van der Waals surface area (Å²) in [6, 6.07) is 3.92. The van der Waals surface area contributed by atoms with Gasteiger partial charge >= 0.3 is 0 Å². The quantitative estimate of drug-likeness (QED) is 0.799. The summed E-state index contributed by atoms with van der Waals surface area (Å²) in [6.45, 7) is 5.64. The number of nitrogens with one attached hydrogen (secondary N) is 1. The van der Waals surface area contributed by atoms with E-state index in [0.29, 0.717) is 13.0 Å². The number of ether oxygens (including phenoxy) is 2. The predicted octanol–water partition coefficient (Wildman–Crippen LogP) is 3.28. The highest BCUT2D eigenvalue weighted by Crippen LogP contribution is 2.32. The Morgan fingerprint density at radius 1 is 1.19 bits per heavy atom. The van der Waals surface area contributed by atoms with Crippen molar-refractivity contribution in [1.29, 1.82) is 0 Å². The van der Waals surface area contributed by atoms with Crippen molar-refractivity contribution < 1.29 is 18.3 Å². The van der Waals surface area contributed by atoms with Gasteiger partial charge in [0, 0.05) is 19.1 Å². The first-order valence-corrected chi connectivity index (χ1v) is 7.63. The van der Waals surface area contributed by atoms with Crippen molar-refractivity contribution in [2.45, 2.75) is 51.4 Å². The van der Waals surface area contributed by atoms with Gasteiger partial charge < -0.3 is 14.8 Å². The van der Waals surface area contributed by atoms with Crippen LogP contribution >= 0.6 is 0 Å². The van der Waals surface area contributed by atoms with Gasteiger partial charge in [-0.15, -0.1) is 0 Å². The zero-order chi connectivity index (χ0) is 15.2. The first kappa shape index (κ1) is 16.2. The molecule has 1 aromatic carbocycles. The molecule has 0 aromatic heterocycles. The zero-order valence-corrected chi connectivity index (χ0v) is 12.6. The molecular weight excluding hydrogens is 276 g/mol. The van der Waals surface area contributed by atoms with Crippen molar-refractivity contribution in [1.82, 2.24) is 5.32 Å². The van der Waals surface area contributed by atoms with Crippen LogP contribution in [0.1, 0.15) is 33.1 Å². The second-order valence-electron chi connectivity index (χ2n) is 5.34. The molecule has 1 N–H and O–H groups in total. The Labute approximate surface area is 124 Å². The molecule has 0 bridgehead atoms. The van der Waals surface area contributed by atoms with Gasteiger partial charge in [0.25, 0.3) is 0 Å². The molecular formula is C16H23F2NO2. The lowest BCUT2D eigenvalue weighted by molar-refractivity contribution is -0.109. The Morgan fingerprint density at radius 3 is 2.52 bits per heavy atom. The van der Waals surface area contributed by atoms with Crippen LogP contribution in [0.25, 0.3) is 0 Å². The minimum absolute atomic E-state index is 0.157. The van der Waals surface area contributed by atoms with E-state index in [4.69, 9.17) is 9.47 Å². The van der Waals surface area contributed by atoms with E-state index in [-0.39, 0.29) is 24.0 Å². The molecule has 0 spiro atoms. The number of hydrogen-bond acceptors (Lipinski definition) is 3. The summed E-state index contributed by atoms with van der Waals surface area (Å²) < 4.78 is 38.5. The van der Waals surface area contributed by atoms with E-state index >= 15 is 0 Å². The standard InChI is InChI=1S/C16H23F2NO2/c1-3-8-19-13-10-14(16(13)20-9-4-2)21-15-11(17)6-5-7-12(15)18/h5-7,13-14,16,19H,3-4,8-10H2,1-2H3. The lowest BCUT2D eigenvalue weighted by Crippen LogP contribution is -2.61. The Hall–Kier alpha value is -1.20. The van der Waals surface area contributed by atoms with Gasteiger partial charge in [0.1, 0.15) is 12.2 Å². The Morgan fingerprint density at radius 2 is 1.90 bits per heavy atom. The first-order chi connectivity index (χ1) is 10.2. The second kappa shape index (κ2) is 7.71. The zero-order valence-electron chi connectivity index (χ0n) is 12.6. The van der Waals surface area contributed by atoms with Gasteiger partial charge in [-0.3, -0.25) is 0 Å². The van der Waals surface area contributed by atoms with Crippen LogP contribution in [0.5, 0.6) is 5.75 Å². The Balaban J connectivity index is 1.98. The van der Waals surface area contributed by atoms with Crippen molar-refractivity contribution in [3.8, 4) is 5.75 Å². The van der Waals surface area contributed by atoms with Crippen LogP contribution in [0.4, 0.5) is 8.78 Å². The van der Waals surface area contributed by atoms with Crippen LogP contribution in [-0.4, -0.2) is 31.4 Å². The molecule has 0 aliphatic heterocycles. The molecule has 0 heterocycles. The third-order valence-corrected chi connectivity index (χ3v) is 3.61. The molecule has 3 unspecified atom stereocenters. The van der Waals surface area contributed by atoms with Gasteiger partial charge in [0.05, 0.1) is 0 Å². The summed E-state index contributed by atoms with van der Waals surface area (Å²) in [7, 11) is 0. The van der Waals surface area contributed by atoms with Gasteiger partial charge in [-0.2, -0.15) is 0 Å².